The van der Waals surface area contributed by atoms with Crippen LogP contribution in [0.3, 0.4) is 0 Å². The summed E-state index contributed by atoms with van der Waals surface area (Å²) < 4.78 is 328. The van der Waals surface area contributed by atoms with E-state index in [0.717, 1.165) is 0 Å². The first-order valence-electron chi connectivity index (χ1n) is 8.07. The molecule has 238 valence electrons. The van der Waals surface area contributed by atoms with Crippen molar-refractivity contribution in [3.63, 3.8) is 0 Å². The summed E-state index contributed by atoms with van der Waals surface area (Å²) >= 11 is 0. The lowest BCUT2D eigenvalue weighted by Gasteiger charge is -2.42. The van der Waals surface area contributed by atoms with Gasteiger partial charge in [0, 0.05) is 0 Å². The van der Waals surface area contributed by atoms with E-state index in [1.54, 1.807) is 0 Å². The zero-order valence-corrected chi connectivity index (χ0v) is 17.7. The molecule has 0 aliphatic carbocycles. The van der Waals surface area contributed by atoms with Crippen molar-refractivity contribution >= 4 is 10.1 Å². The number of halogens is 23. The first-order chi connectivity index (χ1) is 16.9. The second-order valence-electron chi connectivity index (χ2n) is 6.77. The molecule has 0 saturated carbocycles. The van der Waals surface area contributed by atoms with Crippen LogP contribution in [0.1, 0.15) is 0 Å². The number of rotatable bonds is 10. The monoisotopic (exact) mass is 674 g/mol. The van der Waals surface area contributed by atoms with Crippen molar-refractivity contribution in [3.05, 3.63) is 23.3 Å². The average Bonchev–Trinajstić information content (AvgIpc) is 2.74. The third-order valence-electron chi connectivity index (χ3n) is 4.16. The van der Waals surface area contributed by atoms with Gasteiger partial charge in [0.1, 0.15) is 0 Å². The van der Waals surface area contributed by atoms with Crippen LogP contribution in [-0.2, 0) is 10.1 Å². The minimum absolute atomic E-state index is 4.76. The van der Waals surface area contributed by atoms with Crippen LogP contribution in [0.4, 0.5) is 101 Å². The standard InChI is InChI=1S/C13HF23O3S/c14-1(2(15)4(17)6(20,21)40(37,38)39)3(16)5(18,19)7(22,23)8(24,25)9(26,27)10(28,29)11(30,31)12(32,33)13(34,35)36/h(H,37,38,39)/b3-1+,4-2+. The summed E-state index contributed by atoms with van der Waals surface area (Å²) in [5, 5.41) is -6.85. The molecule has 0 aliphatic rings. The Morgan fingerprint density at radius 1 is 0.425 bits per heavy atom. The van der Waals surface area contributed by atoms with E-state index in [0.29, 0.717) is 0 Å². The lowest BCUT2D eigenvalue weighted by atomic mass is 9.88. The summed E-state index contributed by atoms with van der Waals surface area (Å²) in [7, 11) is -7.33. The molecule has 0 aromatic rings. The Labute approximate surface area is 201 Å². The molecule has 0 bridgehead atoms. The van der Waals surface area contributed by atoms with Crippen molar-refractivity contribution in [2.45, 2.75) is 52.9 Å². The first-order valence-corrected chi connectivity index (χ1v) is 9.51. The van der Waals surface area contributed by atoms with Crippen LogP contribution in [-0.4, -0.2) is 65.9 Å². The summed E-state index contributed by atoms with van der Waals surface area (Å²) in [5.74, 6) is -82.7. The summed E-state index contributed by atoms with van der Waals surface area (Å²) in [6, 6.07) is 0. The molecular formula is C13HF23O3S. The van der Waals surface area contributed by atoms with Crippen LogP contribution in [0.2, 0.25) is 0 Å². The van der Waals surface area contributed by atoms with Gasteiger partial charge in [0.15, 0.2) is 5.83 Å². The lowest BCUT2D eigenvalue weighted by molar-refractivity contribution is -0.460. The van der Waals surface area contributed by atoms with E-state index in [4.69, 9.17) is 4.55 Å². The summed E-state index contributed by atoms with van der Waals surface area (Å²) in [5.41, 5.74) is 0. The van der Waals surface area contributed by atoms with Gasteiger partial charge in [0.05, 0.1) is 0 Å². The van der Waals surface area contributed by atoms with Crippen LogP contribution in [0.15, 0.2) is 23.3 Å². The Morgan fingerprint density at radius 2 is 0.675 bits per heavy atom. The highest BCUT2D eigenvalue weighted by Crippen LogP contribution is 2.64. The maximum atomic E-state index is 13.5. The molecule has 0 atom stereocenters. The van der Waals surface area contributed by atoms with Gasteiger partial charge in [-0.15, -0.1) is 0 Å². The normalized spacial score (nSPS) is 17.5. The largest absolute Gasteiger partial charge is 0.460 e. The molecule has 0 fully saturated rings. The minimum Gasteiger partial charge on any atom is -0.281 e. The van der Waals surface area contributed by atoms with Crippen LogP contribution in [0.5, 0.6) is 0 Å². The molecule has 0 aliphatic heterocycles. The molecule has 0 aromatic heterocycles. The van der Waals surface area contributed by atoms with Gasteiger partial charge in [-0.3, -0.25) is 4.55 Å². The Kier molecular flexibility index (Phi) is 9.13. The number of hydrogen-bond acceptors (Lipinski definition) is 2. The van der Waals surface area contributed by atoms with Crippen LogP contribution in [0, 0.1) is 0 Å². The van der Waals surface area contributed by atoms with E-state index in [-0.39, 0.29) is 0 Å². The molecule has 0 heterocycles. The van der Waals surface area contributed by atoms with E-state index < -0.39 is 86.3 Å². The van der Waals surface area contributed by atoms with E-state index in [2.05, 4.69) is 0 Å². The molecule has 0 unspecified atom stereocenters. The van der Waals surface area contributed by atoms with Gasteiger partial charge < -0.3 is 0 Å². The van der Waals surface area contributed by atoms with Crippen LogP contribution < -0.4 is 0 Å². The zero-order valence-electron chi connectivity index (χ0n) is 16.9. The smallest absolute Gasteiger partial charge is 0.281 e. The summed E-state index contributed by atoms with van der Waals surface area (Å²) in [6.45, 7) is 0. The molecule has 0 spiro atoms. The van der Waals surface area contributed by atoms with Crippen molar-refractivity contribution in [1.82, 2.24) is 0 Å². The fourth-order valence-corrected chi connectivity index (χ4v) is 2.19. The third-order valence-corrected chi connectivity index (χ3v) is 4.98. The molecule has 1 N–H and O–H groups in total. The minimum atomic E-state index is -9.28. The van der Waals surface area contributed by atoms with Gasteiger partial charge in [-0.25, -0.2) is 17.6 Å². The van der Waals surface area contributed by atoms with Gasteiger partial charge in [-0.2, -0.15) is 91.8 Å². The quantitative estimate of drug-likeness (QED) is 0.146. The number of hydrogen-bond donors (Lipinski definition) is 1. The van der Waals surface area contributed by atoms with Gasteiger partial charge >= 0.3 is 63.0 Å². The molecule has 3 nitrogen and oxygen atoms in total. The maximum absolute atomic E-state index is 13.5. The maximum Gasteiger partial charge on any atom is 0.460 e. The van der Waals surface area contributed by atoms with Crippen molar-refractivity contribution in [3.8, 4) is 0 Å². The molecule has 27 heteroatoms. The molecule has 40 heavy (non-hydrogen) atoms. The molecule has 0 amide bonds. The molecule has 0 aromatic carbocycles. The third kappa shape index (κ3) is 4.92. The first kappa shape index (κ1) is 37.8. The summed E-state index contributed by atoms with van der Waals surface area (Å²) in [4.78, 5) is 0. The highest BCUT2D eigenvalue weighted by atomic mass is 32.2. The highest BCUT2D eigenvalue weighted by molar-refractivity contribution is 7.87. The van der Waals surface area contributed by atoms with E-state index in [1.807, 2.05) is 0 Å². The molecule has 0 radical (unpaired) electrons. The van der Waals surface area contributed by atoms with Crippen molar-refractivity contribution in [2.24, 2.45) is 0 Å². The van der Waals surface area contributed by atoms with Gasteiger partial charge in [0.2, 0.25) is 17.5 Å². The second kappa shape index (κ2) is 9.67. The highest BCUT2D eigenvalue weighted by Gasteiger charge is 2.95. The fraction of sp³-hybridized carbons (Fsp3) is 0.692. The van der Waals surface area contributed by atoms with E-state index in [9.17, 15) is 109 Å². The Bertz CT molecular complexity index is 1160. The van der Waals surface area contributed by atoms with Crippen molar-refractivity contribution in [1.29, 1.82) is 0 Å². The van der Waals surface area contributed by atoms with Crippen LogP contribution >= 0.6 is 0 Å². The predicted octanol–water partition coefficient (Wildman–Crippen LogP) is 7.78. The molecule has 0 rings (SSSR count). The fourth-order valence-electron chi connectivity index (χ4n) is 1.87. The van der Waals surface area contributed by atoms with Gasteiger partial charge in [-0.1, -0.05) is 0 Å². The van der Waals surface area contributed by atoms with E-state index >= 15 is 0 Å². The Balaban J connectivity index is 7.31. The topological polar surface area (TPSA) is 54.4 Å². The van der Waals surface area contributed by atoms with Crippen LogP contribution in [0.25, 0.3) is 0 Å². The van der Waals surface area contributed by atoms with Gasteiger partial charge in [-0.05, 0) is 0 Å². The van der Waals surface area contributed by atoms with Crippen molar-refractivity contribution < 1.29 is 114 Å². The zero-order chi connectivity index (χ0) is 33.3. The number of alkyl halides is 19. The number of allylic oxidation sites excluding steroid dienone is 3. The van der Waals surface area contributed by atoms with E-state index in [1.165, 1.54) is 0 Å². The predicted molar refractivity (Wildman–Crippen MR) is 75.7 cm³/mol. The Hall–Kier alpha value is -2.22. The van der Waals surface area contributed by atoms with Gasteiger partial charge in [0.25, 0.3) is 0 Å². The van der Waals surface area contributed by atoms with Crippen molar-refractivity contribution in [2.75, 3.05) is 0 Å². The molecular weight excluding hydrogens is 673 g/mol. The SMILES string of the molecule is O=S(=O)(O)C(F)(F)/C(F)=C(F)/C(F)=C(\F)C(F)(F)C(F)(F)C(F)(F)C(F)(F)C(F)(F)C(F)(F)C(F)(F)C(F)(F)F. The average molecular weight is 674 g/mol. The molecule has 0 saturated heterocycles. The Morgan fingerprint density at radius 3 is 0.950 bits per heavy atom. The summed E-state index contributed by atoms with van der Waals surface area (Å²) in [6.07, 6.45) is -8.09. The lowest BCUT2D eigenvalue weighted by Crippen LogP contribution is -2.74. The second-order valence-corrected chi connectivity index (χ2v) is 8.23.